The van der Waals surface area contributed by atoms with E-state index in [-0.39, 0.29) is 5.56 Å². The highest BCUT2D eigenvalue weighted by atomic mass is 19.4. The molecular weight excluding hydrogens is 635 g/mol. The van der Waals surface area contributed by atoms with Crippen LogP contribution in [-0.2, 0) is 24.3 Å². The Kier molecular flexibility index (Phi) is 11.2. The van der Waals surface area contributed by atoms with Gasteiger partial charge in [-0.2, -0.15) is 13.2 Å². The number of alkyl halides is 3. The molecule has 8 nitrogen and oxygen atoms in total. The predicted octanol–water partition coefficient (Wildman–Crippen LogP) is 7.24. The van der Waals surface area contributed by atoms with Crippen LogP contribution >= 0.6 is 0 Å². The van der Waals surface area contributed by atoms with Gasteiger partial charge in [0.25, 0.3) is 5.56 Å². The smallest absolute Gasteiger partial charge is 0.477 e. The maximum atomic E-state index is 12.4. The topological polar surface area (TPSA) is 114 Å². The number of aromatic amines is 1. The lowest BCUT2D eigenvalue weighted by Gasteiger charge is -2.41. The van der Waals surface area contributed by atoms with Crippen molar-refractivity contribution in [3.63, 3.8) is 0 Å². The van der Waals surface area contributed by atoms with Gasteiger partial charge < -0.3 is 20.1 Å². The predicted molar refractivity (Wildman–Crippen MR) is 181 cm³/mol. The van der Waals surface area contributed by atoms with E-state index < -0.39 is 23.7 Å². The Labute approximate surface area is 282 Å². The normalized spacial score (nSPS) is 18.8. The van der Waals surface area contributed by atoms with Crippen LogP contribution in [0.4, 0.5) is 18.9 Å². The second-order valence-corrected chi connectivity index (χ2v) is 12.6. The third-order valence-corrected chi connectivity index (χ3v) is 9.48. The van der Waals surface area contributed by atoms with E-state index in [2.05, 4.69) is 99.7 Å². The maximum Gasteiger partial charge on any atom is 0.490 e. The SMILES string of the molecule is CCc1cc(C(=O)O)c(=O)[nH]c1-c1ccc(N2C[C@H]3CCC[C@@H](N(Cc4ccccc4)Cc4ccccc4)[C@H]3C2)cc1.O=C(O)C(F)(F)F. The molecule has 6 rings (SSSR count). The number of nitrogens with zero attached hydrogens (tertiary/aromatic N) is 2. The first-order valence-electron chi connectivity index (χ1n) is 16.4. The van der Waals surface area contributed by atoms with Gasteiger partial charge in [0.2, 0.25) is 0 Å². The number of pyridine rings is 1. The number of aryl methyl sites for hydroxylation is 1. The van der Waals surface area contributed by atoms with Crippen LogP contribution in [0.5, 0.6) is 0 Å². The van der Waals surface area contributed by atoms with Crippen molar-refractivity contribution < 1.29 is 33.0 Å². The number of hydrogen-bond acceptors (Lipinski definition) is 5. The first kappa shape index (κ1) is 35.4. The number of aliphatic carboxylic acids is 1. The Bertz CT molecular complexity index is 1740. The minimum absolute atomic E-state index is 0.213. The molecule has 1 aromatic heterocycles. The highest BCUT2D eigenvalue weighted by Gasteiger charge is 2.42. The number of halogens is 3. The minimum Gasteiger partial charge on any atom is -0.477 e. The highest BCUT2D eigenvalue weighted by Crippen LogP contribution is 2.41. The van der Waals surface area contributed by atoms with Gasteiger partial charge in [0.15, 0.2) is 0 Å². The number of H-pyrrole nitrogens is 1. The zero-order valence-corrected chi connectivity index (χ0v) is 27.2. The summed E-state index contributed by atoms with van der Waals surface area (Å²) in [4.78, 5) is 40.8. The Balaban J connectivity index is 0.000000606. The number of carbonyl (C=O) groups is 2. The average molecular weight is 676 g/mol. The van der Waals surface area contributed by atoms with E-state index in [9.17, 15) is 27.9 Å². The summed E-state index contributed by atoms with van der Waals surface area (Å²) in [7, 11) is 0. The van der Waals surface area contributed by atoms with Crippen LogP contribution < -0.4 is 10.5 Å². The summed E-state index contributed by atoms with van der Waals surface area (Å²) in [5.41, 5.74) is 5.57. The number of benzene rings is 3. The fraction of sp³-hybridized carbons (Fsp3) is 0.342. The molecule has 0 bridgehead atoms. The number of rotatable bonds is 9. The molecule has 258 valence electrons. The van der Waals surface area contributed by atoms with Gasteiger partial charge in [0.05, 0.1) is 5.69 Å². The van der Waals surface area contributed by atoms with Crippen LogP contribution in [0, 0.1) is 11.8 Å². The molecule has 3 N–H and O–H groups in total. The van der Waals surface area contributed by atoms with Crippen LogP contribution in [0.3, 0.4) is 0 Å². The number of carboxylic acid groups (broad SMARTS) is 2. The van der Waals surface area contributed by atoms with Crippen molar-refractivity contribution in [1.82, 2.24) is 9.88 Å². The monoisotopic (exact) mass is 675 g/mol. The van der Waals surface area contributed by atoms with Crippen LogP contribution in [0.15, 0.2) is 95.8 Å². The maximum absolute atomic E-state index is 12.4. The fourth-order valence-electron chi connectivity index (χ4n) is 7.14. The van der Waals surface area contributed by atoms with Crippen molar-refractivity contribution in [3.8, 4) is 11.3 Å². The van der Waals surface area contributed by atoms with Gasteiger partial charge in [0.1, 0.15) is 5.56 Å². The van der Waals surface area contributed by atoms with Gasteiger partial charge in [-0.1, -0.05) is 86.1 Å². The molecule has 0 spiro atoms. The summed E-state index contributed by atoms with van der Waals surface area (Å²) >= 11 is 0. The van der Waals surface area contributed by atoms with Crippen molar-refractivity contribution in [1.29, 1.82) is 0 Å². The molecule has 2 fully saturated rings. The van der Waals surface area contributed by atoms with Gasteiger partial charge in [-0.3, -0.25) is 9.69 Å². The zero-order valence-electron chi connectivity index (χ0n) is 27.2. The van der Waals surface area contributed by atoms with E-state index in [0.717, 1.165) is 37.3 Å². The fourth-order valence-corrected chi connectivity index (χ4v) is 7.14. The van der Waals surface area contributed by atoms with Crippen LogP contribution in [0.2, 0.25) is 0 Å². The van der Waals surface area contributed by atoms with E-state index in [1.165, 1.54) is 42.1 Å². The number of aromatic carboxylic acids is 1. The standard InChI is InChI=1S/C36H39N3O3.C2HF3O2/c1-2-27-20-31(36(41)42)35(40)37-34(27)28-16-18-30(19-17-28)38-23-29-14-9-15-33(32(29)24-38)39(21-25-10-5-3-6-11-25)22-26-12-7-4-8-13-26;3-2(4,5)1(6)7/h3-8,10-13,16-20,29,32-33H,2,9,14-15,21-24H2,1H3,(H,37,40)(H,41,42);(H,6,7)/t29-,32+,33-;/m1./s1. The Hall–Kier alpha value is -4.90. The molecule has 1 aliphatic carbocycles. The van der Waals surface area contributed by atoms with E-state index in [1.807, 2.05) is 6.92 Å². The van der Waals surface area contributed by atoms with Gasteiger partial charge in [-0.05, 0) is 71.6 Å². The lowest BCUT2D eigenvalue weighted by molar-refractivity contribution is -0.192. The Morgan fingerprint density at radius 2 is 1.45 bits per heavy atom. The van der Waals surface area contributed by atoms with Crippen LogP contribution in [0.25, 0.3) is 11.3 Å². The summed E-state index contributed by atoms with van der Waals surface area (Å²) < 4.78 is 31.7. The number of hydrogen-bond donors (Lipinski definition) is 3. The number of nitrogens with one attached hydrogen (secondary N) is 1. The largest absolute Gasteiger partial charge is 0.490 e. The van der Waals surface area contributed by atoms with Gasteiger partial charge in [-0.25, -0.2) is 9.59 Å². The van der Waals surface area contributed by atoms with Crippen molar-refractivity contribution in [2.24, 2.45) is 11.8 Å². The molecule has 1 aliphatic heterocycles. The van der Waals surface area contributed by atoms with E-state index >= 15 is 0 Å². The summed E-state index contributed by atoms with van der Waals surface area (Å²) in [6, 6.07) is 32.1. The first-order chi connectivity index (χ1) is 23.4. The Morgan fingerprint density at radius 3 is 1.96 bits per heavy atom. The van der Waals surface area contributed by atoms with Crippen molar-refractivity contribution in [3.05, 3.63) is 124 Å². The molecule has 1 saturated carbocycles. The molecule has 11 heteroatoms. The summed E-state index contributed by atoms with van der Waals surface area (Å²) in [6.45, 7) is 5.99. The Morgan fingerprint density at radius 1 is 0.878 bits per heavy atom. The number of anilines is 1. The molecule has 3 aromatic carbocycles. The molecule has 49 heavy (non-hydrogen) atoms. The second kappa shape index (κ2) is 15.5. The zero-order chi connectivity index (χ0) is 35.1. The van der Waals surface area contributed by atoms with Crippen LogP contribution in [0.1, 0.15) is 53.2 Å². The highest BCUT2D eigenvalue weighted by molar-refractivity contribution is 5.88. The molecule has 0 unspecified atom stereocenters. The van der Waals surface area contributed by atoms with Gasteiger partial charge >= 0.3 is 18.1 Å². The number of aromatic nitrogens is 1. The van der Waals surface area contributed by atoms with E-state index in [1.54, 1.807) is 0 Å². The molecule has 4 aromatic rings. The van der Waals surface area contributed by atoms with Gasteiger partial charge in [-0.15, -0.1) is 0 Å². The molecule has 0 amide bonds. The molecule has 0 radical (unpaired) electrons. The lowest BCUT2D eigenvalue weighted by atomic mass is 9.77. The van der Waals surface area contributed by atoms with E-state index in [0.29, 0.717) is 30.0 Å². The first-order valence-corrected chi connectivity index (χ1v) is 16.4. The van der Waals surface area contributed by atoms with Crippen molar-refractivity contribution in [2.75, 3.05) is 18.0 Å². The number of fused-ring (bicyclic) bond motifs is 1. The van der Waals surface area contributed by atoms with Crippen molar-refractivity contribution >= 4 is 17.6 Å². The molecule has 1 saturated heterocycles. The third kappa shape index (κ3) is 8.77. The molecule has 2 aliphatic rings. The summed E-state index contributed by atoms with van der Waals surface area (Å²) in [6.07, 6.45) is -0.684. The van der Waals surface area contributed by atoms with E-state index in [4.69, 9.17) is 9.90 Å². The third-order valence-electron chi connectivity index (χ3n) is 9.48. The van der Waals surface area contributed by atoms with Gasteiger partial charge in [0, 0.05) is 37.9 Å². The summed E-state index contributed by atoms with van der Waals surface area (Å²) in [5.74, 6) is -2.68. The second-order valence-electron chi connectivity index (χ2n) is 12.6. The quantitative estimate of drug-likeness (QED) is 0.171. The molecule has 3 atom stereocenters. The van der Waals surface area contributed by atoms with Crippen molar-refractivity contribution in [2.45, 2.75) is 57.9 Å². The number of carboxylic acids is 2. The lowest BCUT2D eigenvalue weighted by Crippen LogP contribution is -2.45. The average Bonchev–Trinajstić information content (AvgIpc) is 3.53. The minimum atomic E-state index is -5.08. The molecule has 2 heterocycles. The molecular formula is C38H40F3N3O5. The van der Waals surface area contributed by atoms with Crippen LogP contribution in [-0.4, -0.2) is 57.3 Å². The summed E-state index contributed by atoms with van der Waals surface area (Å²) in [5, 5.41) is 16.5.